The summed E-state index contributed by atoms with van der Waals surface area (Å²) in [4.78, 5) is 0. The van der Waals surface area contributed by atoms with Crippen molar-refractivity contribution in [2.24, 2.45) is 0 Å². The van der Waals surface area contributed by atoms with Crippen molar-refractivity contribution in [2.75, 3.05) is 6.61 Å². The fourth-order valence-corrected chi connectivity index (χ4v) is 3.65. The highest BCUT2D eigenvalue weighted by Crippen LogP contribution is 2.37. The summed E-state index contributed by atoms with van der Waals surface area (Å²) in [6, 6.07) is 10.4. The van der Waals surface area contributed by atoms with Crippen molar-refractivity contribution in [3.63, 3.8) is 0 Å². The van der Waals surface area contributed by atoms with E-state index in [-0.39, 0.29) is 11.1 Å². The van der Waals surface area contributed by atoms with Gasteiger partial charge in [-0.25, -0.2) is 0 Å². The summed E-state index contributed by atoms with van der Waals surface area (Å²) in [5.74, 6) is 0. The van der Waals surface area contributed by atoms with Crippen LogP contribution in [0.25, 0.3) is 0 Å². The average molecular weight is 337 g/mol. The lowest BCUT2D eigenvalue weighted by Crippen LogP contribution is -2.45. The molecule has 3 heteroatoms. The smallest absolute Gasteiger partial charge is 0.192 e. The van der Waals surface area contributed by atoms with E-state index >= 15 is 0 Å². The number of unbranched alkanes of at least 4 members (excludes halogenated alkanes) is 2. The minimum atomic E-state index is -1.74. The van der Waals surface area contributed by atoms with Gasteiger partial charge >= 0.3 is 0 Å². The SMILES string of the molecule is CCCCC[C@H](COCc1ccccc1)O[Si](C)(C)C(C)(C)C. The lowest BCUT2D eigenvalue weighted by atomic mass is 10.1. The quantitative estimate of drug-likeness (QED) is 0.375. The van der Waals surface area contributed by atoms with Gasteiger partial charge in [-0.3, -0.25) is 0 Å². The molecule has 0 aliphatic rings. The van der Waals surface area contributed by atoms with Crippen molar-refractivity contribution in [2.45, 2.75) is 84.2 Å². The Kier molecular flexibility index (Phi) is 8.52. The highest BCUT2D eigenvalue weighted by molar-refractivity contribution is 6.74. The number of rotatable bonds is 10. The molecule has 2 nitrogen and oxygen atoms in total. The Morgan fingerprint density at radius 1 is 1.04 bits per heavy atom. The Hall–Kier alpha value is -0.643. The van der Waals surface area contributed by atoms with Crippen LogP contribution in [0, 0.1) is 0 Å². The molecule has 0 radical (unpaired) electrons. The van der Waals surface area contributed by atoms with Gasteiger partial charge < -0.3 is 9.16 Å². The molecule has 0 heterocycles. The van der Waals surface area contributed by atoms with Gasteiger partial charge in [0.05, 0.1) is 19.3 Å². The summed E-state index contributed by atoms with van der Waals surface area (Å²) in [5.41, 5.74) is 1.23. The standard InChI is InChI=1S/C20H36O2Si/c1-7-8-10-15-19(22-23(5,6)20(2,3)4)17-21-16-18-13-11-9-12-14-18/h9,11-14,19H,7-8,10,15-17H2,1-6H3/t19-/m1/s1. The lowest BCUT2D eigenvalue weighted by molar-refractivity contribution is 0.0294. The van der Waals surface area contributed by atoms with Gasteiger partial charge in [0.15, 0.2) is 8.32 Å². The molecule has 0 aromatic heterocycles. The van der Waals surface area contributed by atoms with E-state index in [1.165, 1.54) is 24.8 Å². The molecule has 0 saturated heterocycles. The second kappa shape index (κ2) is 9.60. The molecule has 1 aromatic carbocycles. The normalized spacial score (nSPS) is 14.0. The van der Waals surface area contributed by atoms with Gasteiger partial charge in [0.2, 0.25) is 0 Å². The second-order valence-electron chi connectivity index (χ2n) is 8.00. The van der Waals surface area contributed by atoms with E-state index < -0.39 is 8.32 Å². The van der Waals surface area contributed by atoms with E-state index in [1.54, 1.807) is 0 Å². The molecule has 132 valence electrons. The molecule has 23 heavy (non-hydrogen) atoms. The van der Waals surface area contributed by atoms with E-state index in [0.29, 0.717) is 13.2 Å². The number of hydrogen-bond donors (Lipinski definition) is 0. The van der Waals surface area contributed by atoms with Crippen LogP contribution >= 0.6 is 0 Å². The van der Waals surface area contributed by atoms with Crippen LogP contribution in [0.4, 0.5) is 0 Å². The number of benzene rings is 1. The van der Waals surface area contributed by atoms with Gasteiger partial charge in [0.25, 0.3) is 0 Å². The van der Waals surface area contributed by atoms with Gasteiger partial charge in [0, 0.05) is 0 Å². The molecule has 0 N–H and O–H groups in total. The van der Waals surface area contributed by atoms with Crippen LogP contribution in [0.1, 0.15) is 58.9 Å². The van der Waals surface area contributed by atoms with Crippen LogP contribution in [0.3, 0.4) is 0 Å². The Balaban J connectivity index is 2.54. The molecule has 0 aliphatic carbocycles. The predicted octanol–water partition coefficient (Wildman–Crippen LogP) is 6.17. The number of ether oxygens (including phenoxy) is 1. The maximum absolute atomic E-state index is 6.60. The summed E-state index contributed by atoms with van der Waals surface area (Å²) >= 11 is 0. The maximum atomic E-state index is 6.60. The first-order chi connectivity index (χ1) is 10.8. The molecule has 1 aromatic rings. The van der Waals surface area contributed by atoms with Crippen LogP contribution in [-0.4, -0.2) is 21.0 Å². The minimum absolute atomic E-state index is 0.228. The average Bonchev–Trinajstić information content (AvgIpc) is 2.47. The van der Waals surface area contributed by atoms with Crippen molar-refractivity contribution in [1.82, 2.24) is 0 Å². The lowest BCUT2D eigenvalue weighted by Gasteiger charge is -2.39. The molecule has 0 fully saturated rings. The van der Waals surface area contributed by atoms with E-state index in [1.807, 2.05) is 6.07 Å². The monoisotopic (exact) mass is 336 g/mol. The zero-order chi connectivity index (χ0) is 17.3. The third-order valence-electron chi connectivity index (χ3n) is 4.81. The summed E-state index contributed by atoms with van der Waals surface area (Å²) in [6.45, 7) is 15.2. The first-order valence-electron chi connectivity index (χ1n) is 9.06. The maximum Gasteiger partial charge on any atom is 0.192 e. The van der Waals surface area contributed by atoms with E-state index in [2.05, 4.69) is 65.1 Å². The molecular formula is C20H36O2Si. The van der Waals surface area contributed by atoms with Crippen molar-refractivity contribution in [3.05, 3.63) is 35.9 Å². The van der Waals surface area contributed by atoms with Gasteiger partial charge in [-0.15, -0.1) is 0 Å². The Labute approximate surface area is 144 Å². The molecule has 0 aliphatic heterocycles. The molecule has 1 atom stereocenters. The van der Waals surface area contributed by atoms with Gasteiger partial charge in [0.1, 0.15) is 0 Å². The Bertz CT molecular complexity index is 423. The zero-order valence-corrected chi connectivity index (χ0v) is 17.0. The third kappa shape index (κ3) is 7.64. The molecule has 0 spiro atoms. The second-order valence-corrected chi connectivity index (χ2v) is 12.8. The summed E-state index contributed by atoms with van der Waals surface area (Å²) < 4.78 is 12.6. The number of hydrogen-bond acceptors (Lipinski definition) is 2. The van der Waals surface area contributed by atoms with E-state index in [0.717, 1.165) is 6.42 Å². The topological polar surface area (TPSA) is 18.5 Å². The van der Waals surface area contributed by atoms with Crippen LogP contribution in [0.15, 0.2) is 30.3 Å². The van der Waals surface area contributed by atoms with Crippen LogP contribution in [0.5, 0.6) is 0 Å². The van der Waals surface area contributed by atoms with Crippen molar-refractivity contribution in [3.8, 4) is 0 Å². The third-order valence-corrected chi connectivity index (χ3v) is 9.35. The first kappa shape index (κ1) is 20.4. The fourth-order valence-electron chi connectivity index (χ4n) is 2.27. The van der Waals surface area contributed by atoms with E-state index in [9.17, 15) is 0 Å². The molecule has 0 unspecified atom stereocenters. The van der Waals surface area contributed by atoms with Crippen LogP contribution in [-0.2, 0) is 15.8 Å². The summed E-state index contributed by atoms with van der Waals surface area (Å²) in [7, 11) is -1.74. The Morgan fingerprint density at radius 3 is 2.26 bits per heavy atom. The summed E-state index contributed by atoms with van der Waals surface area (Å²) in [6.07, 6.45) is 5.08. The van der Waals surface area contributed by atoms with Gasteiger partial charge in [-0.05, 0) is 30.1 Å². The molecule has 0 bridgehead atoms. The largest absolute Gasteiger partial charge is 0.412 e. The van der Waals surface area contributed by atoms with Gasteiger partial charge in [-0.1, -0.05) is 77.3 Å². The molecule has 0 amide bonds. The van der Waals surface area contributed by atoms with E-state index in [4.69, 9.17) is 9.16 Å². The Morgan fingerprint density at radius 2 is 1.70 bits per heavy atom. The van der Waals surface area contributed by atoms with Crippen molar-refractivity contribution >= 4 is 8.32 Å². The minimum Gasteiger partial charge on any atom is -0.412 e. The van der Waals surface area contributed by atoms with Crippen LogP contribution in [0.2, 0.25) is 18.1 Å². The molecule has 1 rings (SSSR count). The van der Waals surface area contributed by atoms with Crippen LogP contribution < -0.4 is 0 Å². The molecular weight excluding hydrogens is 300 g/mol. The predicted molar refractivity (Wildman–Crippen MR) is 102 cm³/mol. The molecule has 0 saturated carbocycles. The van der Waals surface area contributed by atoms with Crippen molar-refractivity contribution in [1.29, 1.82) is 0 Å². The van der Waals surface area contributed by atoms with Crippen molar-refractivity contribution < 1.29 is 9.16 Å². The summed E-state index contributed by atoms with van der Waals surface area (Å²) in [5, 5.41) is 0.245. The highest BCUT2D eigenvalue weighted by atomic mass is 28.4. The first-order valence-corrected chi connectivity index (χ1v) is 12.0. The van der Waals surface area contributed by atoms with Gasteiger partial charge in [-0.2, -0.15) is 0 Å². The zero-order valence-electron chi connectivity index (χ0n) is 16.0. The fraction of sp³-hybridized carbons (Fsp3) is 0.700. The highest BCUT2D eigenvalue weighted by Gasteiger charge is 2.39.